The van der Waals surface area contributed by atoms with Gasteiger partial charge in [-0.1, -0.05) is 30.3 Å². The second-order valence-corrected chi connectivity index (χ2v) is 5.68. The first-order valence-corrected chi connectivity index (χ1v) is 8.01. The van der Waals surface area contributed by atoms with Gasteiger partial charge in [0.05, 0.1) is 0 Å². The number of carbonyl (C=O) groups is 2. The number of rotatable bonds is 7. The van der Waals surface area contributed by atoms with Crippen molar-refractivity contribution in [3.63, 3.8) is 0 Å². The quantitative estimate of drug-likeness (QED) is 0.663. The maximum absolute atomic E-state index is 11.9. The Morgan fingerprint density at radius 3 is 2.32 bits per heavy atom. The van der Waals surface area contributed by atoms with Gasteiger partial charge in [0.25, 0.3) is 0 Å². The fourth-order valence-corrected chi connectivity index (χ4v) is 2.40. The number of carbonyl (C=O) groups excluding carboxylic acids is 2. The number of nitrogen functional groups attached to an aromatic ring is 1. The molecule has 2 aromatic rings. The topological polar surface area (TPSA) is 84.2 Å². The summed E-state index contributed by atoms with van der Waals surface area (Å²) in [4.78, 5) is 22.9. The van der Waals surface area contributed by atoms with Gasteiger partial charge in [-0.15, -0.1) is 12.4 Å². The second kappa shape index (κ2) is 10.4. The van der Waals surface area contributed by atoms with Crippen LogP contribution in [0, 0.1) is 0 Å². The van der Waals surface area contributed by atoms with Crippen molar-refractivity contribution in [3.05, 3.63) is 59.7 Å². The number of halogens is 1. The highest BCUT2D eigenvalue weighted by atomic mass is 35.5. The van der Waals surface area contributed by atoms with Crippen LogP contribution in [0.5, 0.6) is 0 Å². The van der Waals surface area contributed by atoms with Crippen molar-refractivity contribution >= 4 is 35.6 Å². The fraction of sp³-hybridized carbons (Fsp3) is 0.263. The Morgan fingerprint density at radius 1 is 1.00 bits per heavy atom. The molecule has 0 aliphatic heterocycles. The Morgan fingerprint density at radius 2 is 1.68 bits per heavy atom. The molecule has 0 aromatic heterocycles. The number of anilines is 2. The molecule has 0 bridgehead atoms. The molecule has 134 valence electrons. The van der Waals surface area contributed by atoms with Crippen LogP contribution in [0.4, 0.5) is 11.4 Å². The zero-order valence-corrected chi connectivity index (χ0v) is 15.1. The number of benzene rings is 2. The molecule has 0 atom stereocenters. The standard InChI is InChI=1S/C19H23N3O2.ClH/c1-14(23)22-17-9-6-15(7-10-17)12-13-21-19(24)11-8-16-4-2-3-5-18(16)20;/h2-7,9-10H,8,11-13,20H2,1H3,(H,21,24)(H,22,23);1H. The van der Waals surface area contributed by atoms with Crippen molar-refractivity contribution in [2.75, 3.05) is 17.6 Å². The molecule has 2 amide bonds. The molecule has 25 heavy (non-hydrogen) atoms. The minimum Gasteiger partial charge on any atom is -0.399 e. The first kappa shape index (κ1) is 20.5. The van der Waals surface area contributed by atoms with Gasteiger partial charge in [0, 0.05) is 31.3 Å². The van der Waals surface area contributed by atoms with Crippen LogP contribution in [0.15, 0.2) is 48.5 Å². The van der Waals surface area contributed by atoms with Crippen LogP contribution < -0.4 is 16.4 Å². The third kappa shape index (κ3) is 7.27. The lowest BCUT2D eigenvalue weighted by molar-refractivity contribution is -0.121. The average Bonchev–Trinajstić information content (AvgIpc) is 2.55. The van der Waals surface area contributed by atoms with Crippen molar-refractivity contribution in [1.82, 2.24) is 5.32 Å². The highest BCUT2D eigenvalue weighted by Gasteiger charge is 2.04. The van der Waals surface area contributed by atoms with E-state index in [1.807, 2.05) is 48.5 Å². The second-order valence-electron chi connectivity index (χ2n) is 5.68. The normalized spacial score (nSPS) is 9.80. The molecule has 2 aromatic carbocycles. The van der Waals surface area contributed by atoms with Gasteiger partial charge in [0.2, 0.25) is 11.8 Å². The summed E-state index contributed by atoms with van der Waals surface area (Å²) in [6.07, 6.45) is 1.82. The molecular weight excluding hydrogens is 338 g/mol. The predicted molar refractivity (Wildman–Crippen MR) is 104 cm³/mol. The lowest BCUT2D eigenvalue weighted by Crippen LogP contribution is -2.25. The minimum atomic E-state index is -0.0888. The summed E-state index contributed by atoms with van der Waals surface area (Å²) in [6.45, 7) is 2.06. The number of nitrogens with two attached hydrogens (primary N) is 1. The highest BCUT2D eigenvalue weighted by molar-refractivity contribution is 5.88. The van der Waals surface area contributed by atoms with E-state index >= 15 is 0 Å². The van der Waals surface area contributed by atoms with E-state index in [0.717, 1.165) is 28.9 Å². The minimum absolute atomic E-state index is 0. The average molecular weight is 362 g/mol. The summed E-state index contributed by atoms with van der Waals surface area (Å²) in [7, 11) is 0. The lowest BCUT2D eigenvalue weighted by atomic mass is 10.1. The maximum atomic E-state index is 11.9. The number of hydrogen-bond donors (Lipinski definition) is 3. The molecule has 0 aliphatic rings. The summed E-state index contributed by atoms with van der Waals surface area (Å²) >= 11 is 0. The van der Waals surface area contributed by atoms with Crippen molar-refractivity contribution in [2.45, 2.75) is 26.2 Å². The monoisotopic (exact) mass is 361 g/mol. The number of hydrogen-bond acceptors (Lipinski definition) is 3. The molecule has 4 N–H and O–H groups in total. The molecule has 0 radical (unpaired) electrons. The Kier molecular flexibility index (Phi) is 8.50. The molecule has 0 saturated heterocycles. The van der Waals surface area contributed by atoms with Gasteiger partial charge in [0.1, 0.15) is 0 Å². The van der Waals surface area contributed by atoms with E-state index in [1.165, 1.54) is 6.92 Å². The SMILES string of the molecule is CC(=O)Nc1ccc(CCNC(=O)CCc2ccccc2N)cc1.Cl. The van der Waals surface area contributed by atoms with E-state index in [1.54, 1.807) is 0 Å². The number of nitrogens with one attached hydrogen (secondary N) is 2. The molecule has 0 saturated carbocycles. The van der Waals surface area contributed by atoms with E-state index in [4.69, 9.17) is 5.73 Å². The smallest absolute Gasteiger partial charge is 0.221 e. The number of aryl methyl sites for hydroxylation is 1. The number of amides is 2. The summed E-state index contributed by atoms with van der Waals surface area (Å²) < 4.78 is 0. The first-order valence-electron chi connectivity index (χ1n) is 8.01. The molecule has 5 nitrogen and oxygen atoms in total. The van der Waals surface area contributed by atoms with Crippen molar-refractivity contribution in [2.24, 2.45) is 0 Å². The van der Waals surface area contributed by atoms with Gasteiger partial charge < -0.3 is 16.4 Å². The summed E-state index contributed by atoms with van der Waals surface area (Å²) in [6, 6.07) is 15.2. The van der Waals surface area contributed by atoms with Crippen LogP contribution in [0.25, 0.3) is 0 Å². The van der Waals surface area contributed by atoms with Crippen LogP contribution in [0.3, 0.4) is 0 Å². The van der Waals surface area contributed by atoms with Crippen LogP contribution in [0.2, 0.25) is 0 Å². The van der Waals surface area contributed by atoms with Crippen molar-refractivity contribution in [1.29, 1.82) is 0 Å². The first-order chi connectivity index (χ1) is 11.5. The van der Waals surface area contributed by atoms with Crippen LogP contribution in [-0.2, 0) is 22.4 Å². The Hall–Kier alpha value is -2.53. The number of para-hydroxylation sites is 1. The maximum Gasteiger partial charge on any atom is 0.221 e. The van der Waals surface area contributed by atoms with E-state index in [9.17, 15) is 9.59 Å². The molecular formula is C19H24ClN3O2. The van der Waals surface area contributed by atoms with Gasteiger partial charge in [-0.25, -0.2) is 0 Å². The van der Waals surface area contributed by atoms with Gasteiger partial charge in [-0.2, -0.15) is 0 Å². The molecule has 0 spiro atoms. The van der Waals surface area contributed by atoms with Gasteiger partial charge in [-0.05, 0) is 42.2 Å². The Balaban J connectivity index is 0.00000312. The Bertz CT molecular complexity index is 702. The van der Waals surface area contributed by atoms with Crippen LogP contribution >= 0.6 is 12.4 Å². The summed E-state index contributed by atoms with van der Waals surface area (Å²) in [5.74, 6) is -0.0674. The molecule has 0 unspecified atom stereocenters. The van der Waals surface area contributed by atoms with Gasteiger partial charge in [-0.3, -0.25) is 9.59 Å². The summed E-state index contributed by atoms with van der Waals surface area (Å²) in [5, 5.41) is 5.64. The molecule has 0 fully saturated rings. The zero-order valence-electron chi connectivity index (χ0n) is 14.2. The van der Waals surface area contributed by atoms with E-state index in [0.29, 0.717) is 19.4 Å². The molecule has 0 aliphatic carbocycles. The highest BCUT2D eigenvalue weighted by Crippen LogP contribution is 2.12. The van der Waals surface area contributed by atoms with E-state index < -0.39 is 0 Å². The van der Waals surface area contributed by atoms with Crippen molar-refractivity contribution in [3.8, 4) is 0 Å². The van der Waals surface area contributed by atoms with E-state index in [2.05, 4.69) is 10.6 Å². The van der Waals surface area contributed by atoms with Crippen LogP contribution in [0.1, 0.15) is 24.5 Å². The predicted octanol–water partition coefficient (Wildman–Crippen LogP) is 2.94. The third-order valence-corrected chi connectivity index (χ3v) is 3.69. The third-order valence-electron chi connectivity index (χ3n) is 3.69. The molecule has 0 heterocycles. The van der Waals surface area contributed by atoms with Crippen molar-refractivity contribution < 1.29 is 9.59 Å². The zero-order chi connectivity index (χ0) is 17.4. The lowest BCUT2D eigenvalue weighted by Gasteiger charge is -2.08. The van der Waals surface area contributed by atoms with Crippen LogP contribution in [-0.4, -0.2) is 18.4 Å². The molecule has 2 rings (SSSR count). The fourth-order valence-electron chi connectivity index (χ4n) is 2.40. The van der Waals surface area contributed by atoms with Gasteiger partial charge in [0.15, 0.2) is 0 Å². The molecule has 6 heteroatoms. The van der Waals surface area contributed by atoms with Gasteiger partial charge >= 0.3 is 0 Å². The largest absolute Gasteiger partial charge is 0.399 e. The Labute approximate surface area is 154 Å². The summed E-state index contributed by atoms with van der Waals surface area (Å²) in [5.41, 5.74) is 9.48. The van der Waals surface area contributed by atoms with E-state index in [-0.39, 0.29) is 24.2 Å².